The lowest BCUT2D eigenvalue weighted by Gasteiger charge is -2.28. The third kappa shape index (κ3) is 4.79. The molecule has 0 bridgehead atoms. The molecule has 0 spiro atoms. The number of amides is 1. The standard InChI is InChI=1S/C25H29N3O6/c1-5-26(6-2)13-14-27-22(17-7-9-18(10-8-17)28(32)33)21(24(30)25(27)31)23(29)20-12-11-19(34-4)15-16(20)3/h7-12,15,22,29H,5-6,13-14H2,1-4H3/b23-21+. The summed E-state index contributed by atoms with van der Waals surface area (Å²) in [5.74, 6) is -1.17. The van der Waals surface area contributed by atoms with Crippen LogP contribution in [0.3, 0.4) is 0 Å². The van der Waals surface area contributed by atoms with E-state index in [2.05, 4.69) is 4.90 Å². The first-order valence-corrected chi connectivity index (χ1v) is 11.1. The van der Waals surface area contributed by atoms with Crippen LogP contribution in [0.4, 0.5) is 5.69 Å². The number of likely N-dealkylation sites (N-methyl/N-ethyl adjacent to an activating group) is 1. The number of carbonyl (C=O) groups is 2. The van der Waals surface area contributed by atoms with Crippen LogP contribution in [0.2, 0.25) is 0 Å². The van der Waals surface area contributed by atoms with E-state index in [1.165, 1.54) is 36.3 Å². The van der Waals surface area contributed by atoms with E-state index in [1.807, 2.05) is 13.8 Å². The Hall–Kier alpha value is -3.72. The number of likely N-dealkylation sites (tertiary alicyclic amines) is 1. The van der Waals surface area contributed by atoms with Crippen LogP contribution < -0.4 is 4.74 Å². The largest absolute Gasteiger partial charge is 0.507 e. The van der Waals surface area contributed by atoms with E-state index in [1.54, 1.807) is 25.1 Å². The van der Waals surface area contributed by atoms with Crippen molar-refractivity contribution in [3.63, 3.8) is 0 Å². The Morgan fingerprint density at radius 3 is 2.32 bits per heavy atom. The summed E-state index contributed by atoms with van der Waals surface area (Å²) in [5, 5.41) is 22.4. The fourth-order valence-corrected chi connectivity index (χ4v) is 4.20. The number of methoxy groups -OCH3 is 1. The fraction of sp³-hybridized carbons (Fsp3) is 0.360. The highest BCUT2D eigenvalue weighted by molar-refractivity contribution is 6.46. The van der Waals surface area contributed by atoms with Gasteiger partial charge < -0.3 is 19.6 Å². The Kier molecular flexibility index (Phi) is 7.68. The molecule has 2 aromatic carbocycles. The zero-order chi connectivity index (χ0) is 25.0. The van der Waals surface area contributed by atoms with Crippen molar-refractivity contribution in [2.45, 2.75) is 26.8 Å². The minimum atomic E-state index is -0.863. The smallest absolute Gasteiger partial charge is 0.295 e. The number of hydrogen-bond acceptors (Lipinski definition) is 7. The third-order valence-corrected chi connectivity index (χ3v) is 6.20. The molecule has 1 saturated heterocycles. The summed E-state index contributed by atoms with van der Waals surface area (Å²) in [5.41, 5.74) is 1.46. The summed E-state index contributed by atoms with van der Waals surface area (Å²) >= 11 is 0. The lowest BCUT2D eigenvalue weighted by atomic mass is 9.93. The second kappa shape index (κ2) is 10.5. The summed E-state index contributed by atoms with van der Waals surface area (Å²) in [6.45, 7) is 8.18. The van der Waals surface area contributed by atoms with E-state index in [0.717, 1.165) is 13.1 Å². The van der Waals surface area contributed by atoms with Crippen molar-refractivity contribution in [1.29, 1.82) is 0 Å². The van der Waals surface area contributed by atoms with Crippen molar-refractivity contribution < 1.29 is 24.4 Å². The van der Waals surface area contributed by atoms with Crippen molar-refractivity contribution in [2.75, 3.05) is 33.3 Å². The molecule has 1 aliphatic rings. The number of nitrogens with zero attached hydrogens (tertiary/aromatic N) is 3. The molecule has 0 aromatic heterocycles. The Morgan fingerprint density at radius 1 is 1.15 bits per heavy atom. The van der Waals surface area contributed by atoms with Crippen LogP contribution in [0.1, 0.15) is 36.6 Å². The van der Waals surface area contributed by atoms with Crippen molar-refractivity contribution in [3.8, 4) is 5.75 Å². The highest BCUT2D eigenvalue weighted by Gasteiger charge is 2.46. The first kappa shape index (κ1) is 24.9. The second-order valence-electron chi connectivity index (χ2n) is 8.05. The van der Waals surface area contributed by atoms with E-state index in [-0.39, 0.29) is 23.6 Å². The number of carbonyl (C=O) groups excluding carboxylic acids is 2. The zero-order valence-corrected chi connectivity index (χ0v) is 19.8. The van der Waals surface area contributed by atoms with Gasteiger partial charge in [0.15, 0.2) is 0 Å². The number of hydrogen-bond donors (Lipinski definition) is 1. The van der Waals surface area contributed by atoms with Gasteiger partial charge in [0.1, 0.15) is 11.5 Å². The maximum absolute atomic E-state index is 13.2. The van der Waals surface area contributed by atoms with Gasteiger partial charge >= 0.3 is 0 Å². The first-order chi connectivity index (χ1) is 16.2. The van der Waals surface area contributed by atoms with Crippen molar-refractivity contribution >= 4 is 23.1 Å². The van der Waals surface area contributed by atoms with Crippen LogP contribution in [-0.4, -0.2) is 64.8 Å². The van der Waals surface area contributed by atoms with E-state index in [0.29, 0.717) is 29.0 Å². The molecule has 1 fully saturated rings. The van der Waals surface area contributed by atoms with Crippen molar-refractivity contribution in [1.82, 2.24) is 9.80 Å². The number of rotatable bonds is 9. The van der Waals surface area contributed by atoms with Crippen molar-refractivity contribution in [2.24, 2.45) is 0 Å². The van der Waals surface area contributed by atoms with Gasteiger partial charge in [0.2, 0.25) is 0 Å². The minimum absolute atomic E-state index is 0.0355. The maximum atomic E-state index is 13.2. The topological polar surface area (TPSA) is 113 Å². The number of benzene rings is 2. The molecule has 1 amide bonds. The summed E-state index contributed by atoms with van der Waals surface area (Å²) in [6.07, 6.45) is 0. The Labute approximate surface area is 198 Å². The second-order valence-corrected chi connectivity index (χ2v) is 8.05. The Balaban J connectivity index is 2.13. The van der Waals surface area contributed by atoms with E-state index >= 15 is 0 Å². The van der Waals surface area contributed by atoms with Crippen LogP contribution in [0.15, 0.2) is 48.0 Å². The number of nitro benzene ring substituents is 1. The number of aryl methyl sites for hydroxylation is 1. The predicted octanol–water partition coefficient (Wildman–Crippen LogP) is 3.68. The number of aliphatic hydroxyl groups is 1. The summed E-state index contributed by atoms with van der Waals surface area (Å²) in [6, 6.07) is 9.88. The number of non-ortho nitro benzene ring substituents is 1. The number of aliphatic hydroxyl groups excluding tert-OH is 1. The third-order valence-electron chi connectivity index (χ3n) is 6.20. The maximum Gasteiger partial charge on any atom is 0.295 e. The average Bonchev–Trinajstić information content (AvgIpc) is 3.09. The molecular formula is C25H29N3O6. The molecule has 180 valence electrons. The monoisotopic (exact) mass is 467 g/mol. The van der Waals surface area contributed by atoms with Gasteiger partial charge in [-0.1, -0.05) is 13.8 Å². The molecule has 1 unspecified atom stereocenters. The molecule has 9 heteroatoms. The summed E-state index contributed by atoms with van der Waals surface area (Å²) in [7, 11) is 1.53. The molecule has 3 rings (SSSR count). The SMILES string of the molecule is CCN(CC)CCN1C(=O)C(=O)/C(=C(/O)c2ccc(OC)cc2C)C1c1ccc([N+](=O)[O-])cc1. The Bertz CT molecular complexity index is 1120. The predicted molar refractivity (Wildman–Crippen MR) is 128 cm³/mol. The van der Waals surface area contributed by atoms with Crippen LogP contribution in [0.25, 0.3) is 5.76 Å². The number of nitro groups is 1. The van der Waals surface area contributed by atoms with Crippen LogP contribution in [0.5, 0.6) is 5.75 Å². The summed E-state index contributed by atoms with van der Waals surface area (Å²) < 4.78 is 5.22. The molecule has 1 heterocycles. The molecule has 0 aliphatic carbocycles. The van der Waals surface area contributed by atoms with Gasteiger partial charge in [-0.05, 0) is 61.5 Å². The van der Waals surface area contributed by atoms with Gasteiger partial charge in [0.25, 0.3) is 17.4 Å². The fourth-order valence-electron chi connectivity index (χ4n) is 4.20. The number of Topliss-reactive ketones (excluding diaryl/α,β-unsaturated/α-hetero) is 1. The van der Waals surface area contributed by atoms with Crippen LogP contribution >= 0.6 is 0 Å². The van der Waals surface area contributed by atoms with Gasteiger partial charge in [0.05, 0.1) is 23.6 Å². The zero-order valence-electron chi connectivity index (χ0n) is 19.8. The van der Waals surface area contributed by atoms with Gasteiger partial charge in [-0.2, -0.15) is 0 Å². The molecular weight excluding hydrogens is 438 g/mol. The van der Waals surface area contributed by atoms with Gasteiger partial charge in [-0.3, -0.25) is 19.7 Å². The molecule has 34 heavy (non-hydrogen) atoms. The highest BCUT2D eigenvalue weighted by atomic mass is 16.6. The molecule has 1 aliphatic heterocycles. The first-order valence-electron chi connectivity index (χ1n) is 11.1. The normalized spacial score (nSPS) is 17.4. The van der Waals surface area contributed by atoms with Gasteiger partial charge in [0, 0.05) is 30.8 Å². The quantitative estimate of drug-likeness (QED) is 0.197. The summed E-state index contributed by atoms with van der Waals surface area (Å²) in [4.78, 5) is 40.4. The molecule has 9 nitrogen and oxygen atoms in total. The number of ether oxygens (including phenoxy) is 1. The average molecular weight is 468 g/mol. The lowest BCUT2D eigenvalue weighted by molar-refractivity contribution is -0.384. The van der Waals surface area contributed by atoms with Crippen LogP contribution in [0, 0.1) is 17.0 Å². The molecule has 0 saturated carbocycles. The van der Waals surface area contributed by atoms with E-state index in [4.69, 9.17) is 4.74 Å². The van der Waals surface area contributed by atoms with Gasteiger partial charge in [-0.25, -0.2) is 0 Å². The van der Waals surface area contributed by atoms with Crippen molar-refractivity contribution in [3.05, 3.63) is 74.8 Å². The highest BCUT2D eigenvalue weighted by Crippen LogP contribution is 2.40. The molecule has 2 aromatic rings. The molecule has 0 radical (unpaired) electrons. The van der Waals surface area contributed by atoms with Crippen LogP contribution in [-0.2, 0) is 9.59 Å². The van der Waals surface area contributed by atoms with Gasteiger partial charge in [-0.15, -0.1) is 0 Å². The minimum Gasteiger partial charge on any atom is -0.507 e. The Morgan fingerprint density at radius 2 is 1.79 bits per heavy atom. The van der Waals surface area contributed by atoms with E-state index < -0.39 is 22.7 Å². The van der Waals surface area contributed by atoms with E-state index in [9.17, 15) is 24.8 Å². The number of ketones is 1. The molecule has 1 atom stereocenters. The molecule has 1 N–H and O–H groups in total. The lowest BCUT2D eigenvalue weighted by Crippen LogP contribution is -2.38.